The minimum Gasteiger partial charge on any atom is -0.393 e. The molecule has 0 aromatic carbocycles. The Bertz CT molecular complexity index is 597. The van der Waals surface area contributed by atoms with E-state index in [0.717, 1.165) is 0 Å². The van der Waals surface area contributed by atoms with Crippen LogP contribution in [0.15, 0.2) is 9.96 Å². The molecule has 1 fully saturated rings. The van der Waals surface area contributed by atoms with Gasteiger partial charge in [0.15, 0.2) is 5.13 Å². The number of thiazole rings is 1. The number of hydrogen-bond acceptors (Lipinski definition) is 4. The molecule has 3 nitrogen and oxygen atoms in total. The van der Waals surface area contributed by atoms with Gasteiger partial charge in [0.1, 0.15) is 4.60 Å². The zero-order chi connectivity index (χ0) is 18.2. The van der Waals surface area contributed by atoms with Crippen LogP contribution >= 0.6 is 27.3 Å². The summed E-state index contributed by atoms with van der Waals surface area (Å²) in [4.78, 5) is 3.83. The molecule has 0 bridgehead atoms. The second kappa shape index (κ2) is 3.94. The largest absolute Gasteiger partial charge is 0.393 e. The zero-order valence-electron chi connectivity index (χ0n) is 16.1. The van der Waals surface area contributed by atoms with Crippen molar-refractivity contribution in [2.24, 2.45) is 0 Å². The van der Waals surface area contributed by atoms with Gasteiger partial charge in [-0.1, -0.05) is 0 Å². The summed E-state index contributed by atoms with van der Waals surface area (Å²) in [5.41, 5.74) is 0. The SMILES string of the molecule is [2H]c1sc(N2C([2H])([2H])C([2H])([2H])C([2H])(O)C([2H])([2H])C2([2H])[2H])nc1Br. The fraction of sp³-hybridized carbons (Fsp3) is 0.625. The van der Waals surface area contributed by atoms with Crippen LogP contribution in [-0.4, -0.2) is 29.2 Å². The summed E-state index contributed by atoms with van der Waals surface area (Å²) in [5, 5.41) is 9.29. The highest BCUT2D eigenvalue weighted by molar-refractivity contribution is 9.10. The Balaban J connectivity index is 2.79. The molecule has 0 amide bonds. The highest BCUT2D eigenvalue weighted by Crippen LogP contribution is 2.26. The van der Waals surface area contributed by atoms with E-state index in [2.05, 4.69) is 20.9 Å². The van der Waals surface area contributed by atoms with Crippen molar-refractivity contribution in [1.29, 1.82) is 0 Å². The van der Waals surface area contributed by atoms with Crippen LogP contribution in [-0.2, 0) is 0 Å². The average molecular weight is 273 g/mol. The number of rotatable bonds is 1. The number of aliphatic hydroxyl groups is 1. The molecule has 0 atom stereocenters. The molecule has 72 valence electrons. The van der Waals surface area contributed by atoms with E-state index in [1.807, 2.05) is 0 Å². The van der Waals surface area contributed by atoms with Crippen LogP contribution in [0.25, 0.3) is 0 Å². The van der Waals surface area contributed by atoms with Crippen molar-refractivity contribution < 1.29 is 18.8 Å². The van der Waals surface area contributed by atoms with Crippen molar-refractivity contribution in [3.05, 3.63) is 9.96 Å². The van der Waals surface area contributed by atoms with Gasteiger partial charge in [0.2, 0.25) is 0 Å². The van der Waals surface area contributed by atoms with Crippen molar-refractivity contribution in [1.82, 2.24) is 4.98 Å². The Morgan fingerprint density at radius 2 is 2.54 bits per heavy atom. The number of nitrogens with zero attached hydrogens (tertiary/aromatic N) is 2. The lowest BCUT2D eigenvalue weighted by atomic mass is 10.1. The highest BCUT2D eigenvalue weighted by atomic mass is 79.9. The number of halogens is 1. The Labute approximate surface area is 104 Å². The first-order valence-electron chi connectivity index (χ1n) is 8.19. The number of hydrogen-bond donors (Lipinski definition) is 1. The van der Waals surface area contributed by atoms with Crippen LogP contribution < -0.4 is 4.90 Å². The minimum absolute atomic E-state index is 0.0445. The van der Waals surface area contributed by atoms with Gasteiger partial charge in [-0.15, -0.1) is 11.3 Å². The van der Waals surface area contributed by atoms with E-state index in [9.17, 15) is 5.11 Å². The Morgan fingerprint density at radius 1 is 1.85 bits per heavy atom. The first-order valence-corrected chi connectivity index (χ1v) is 4.80. The lowest BCUT2D eigenvalue weighted by Gasteiger charge is -2.28. The molecule has 0 saturated carbocycles. The quantitative estimate of drug-likeness (QED) is 0.848. The van der Waals surface area contributed by atoms with Crippen LogP contribution in [0, 0.1) is 0 Å². The molecule has 2 heterocycles. The standard InChI is InChI=1S/C8H11BrN2OS/c9-7-5-13-8(10-7)11-3-1-6(12)2-4-11/h5-6,12H,1-4H2/i1D2,2D2,3D2,4D2,5D,6D. The molecule has 1 aromatic rings. The Hall–Kier alpha value is -0.130. The topological polar surface area (TPSA) is 36.4 Å². The molecule has 1 aliphatic rings. The van der Waals surface area contributed by atoms with E-state index in [-0.39, 0.29) is 14.9 Å². The van der Waals surface area contributed by atoms with Crippen LogP contribution in [0.5, 0.6) is 0 Å². The molecule has 1 saturated heterocycles. The van der Waals surface area contributed by atoms with Crippen molar-refractivity contribution >= 4 is 32.4 Å². The second-order valence-electron chi connectivity index (χ2n) is 2.05. The normalized spacial score (nSPS) is 48.6. The van der Waals surface area contributed by atoms with E-state index in [4.69, 9.17) is 13.7 Å². The van der Waals surface area contributed by atoms with Gasteiger partial charge in [0.05, 0.1) is 8.82 Å². The summed E-state index contributed by atoms with van der Waals surface area (Å²) in [6.45, 7) is -6.63. The first kappa shape index (κ1) is 3.18. The molecule has 1 N–H and O–H groups in total. The van der Waals surface area contributed by atoms with Crippen molar-refractivity contribution in [2.75, 3.05) is 17.9 Å². The first-order chi connectivity index (χ1) is 10.0. The van der Waals surface area contributed by atoms with Crippen molar-refractivity contribution in [3.63, 3.8) is 0 Å². The molecule has 5 heteroatoms. The van der Waals surface area contributed by atoms with E-state index in [1.54, 1.807) is 0 Å². The summed E-state index contributed by atoms with van der Waals surface area (Å²) < 4.78 is 77.7. The molecule has 0 radical (unpaired) electrons. The maximum absolute atomic E-state index is 9.97. The molecule has 0 aliphatic carbocycles. The van der Waals surface area contributed by atoms with Gasteiger partial charge in [-0.3, -0.25) is 0 Å². The fourth-order valence-corrected chi connectivity index (χ4v) is 1.75. The molecule has 2 rings (SSSR count). The molecule has 1 aliphatic heterocycles. The van der Waals surface area contributed by atoms with Gasteiger partial charge >= 0.3 is 0 Å². The average Bonchev–Trinajstić information content (AvgIpc) is 2.66. The van der Waals surface area contributed by atoms with Gasteiger partial charge in [-0.25, -0.2) is 4.98 Å². The summed E-state index contributed by atoms with van der Waals surface area (Å²) in [7, 11) is 0. The smallest absolute Gasteiger partial charge is 0.186 e. The van der Waals surface area contributed by atoms with E-state index in [1.165, 1.54) is 0 Å². The lowest BCUT2D eigenvalue weighted by molar-refractivity contribution is 0.145. The predicted molar refractivity (Wildman–Crippen MR) is 57.3 cm³/mol. The van der Waals surface area contributed by atoms with Gasteiger partial charge in [-0.05, 0) is 28.7 Å². The van der Waals surface area contributed by atoms with Crippen LogP contribution in [0.2, 0.25) is 0 Å². The van der Waals surface area contributed by atoms with Crippen molar-refractivity contribution in [2.45, 2.75) is 18.8 Å². The van der Waals surface area contributed by atoms with Gasteiger partial charge in [-0.2, -0.15) is 0 Å². The van der Waals surface area contributed by atoms with Gasteiger partial charge < -0.3 is 10.0 Å². The minimum atomic E-state index is -3.71. The number of piperidine rings is 1. The van der Waals surface area contributed by atoms with E-state index >= 15 is 0 Å². The van der Waals surface area contributed by atoms with Gasteiger partial charge in [0, 0.05) is 29.3 Å². The van der Waals surface area contributed by atoms with E-state index in [0.29, 0.717) is 11.3 Å². The lowest BCUT2D eigenvalue weighted by Crippen LogP contribution is -2.35. The van der Waals surface area contributed by atoms with Crippen molar-refractivity contribution in [3.8, 4) is 0 Å². The molecular weight excluding hydrogens is 252 g/mol. The summed E-state index contributed by atoms with van der Waals surface area (Å²) in [5.74, 6) is 0. The monoisotopic (exact) mass is 272 g/mol. The maximum Gasteiger partial charge on any atom is 0.186 e. The number of aromatic nitrogens is 1. The molecular formula is C8H11BrN2OS. The van der Waals surface area contributed by atoms with Crippen LogP contribution in [0.4, 0.5) is 5.13 Å². The maximum atomic E-state index is 9.97. The van der Waals surface area contributed by atoms with Gasteiger partial charge in [0.25, 0.3) is 0 Å². The third-order valence-corrected chi connectivity index (χ3v) is 2.57. The highest BCUT2D eigenvalue weighted by Gasteiger charge is 2.18. The summed E-state index contributed by atoms with van der Waals surface area (Å²) >= 11 is 3.41. The molecule has 1 aromatic heterocycles. The van der Waals surface area contributed by atoms with Crippen LogP contribution in [0.3, 0.4) is 0 Å². The predicted octanol–water partition coefficient (Wildman–Crippen LogP) is 1.87. The Kier molecular flexibility index (Phi) is 0.964. The molecule has 13 heavy (non-hydrogen) atoms. The third kappa shape index (κ3) is 2.21. The molecule has 0 spiro atoms. The Morgan fingerprint density at radius 3 is 3.08 bits per heavy atom. The summed E-state index contributed by atoms with van der Waals surface area (Å²) in [6.07, 6.45) is -10.7. The molecule has 0 unspecified atom stereocenters. The zero-order valence-corrected chi connectivity index (χ0v) is 8.53. The van der Waals surface area contributed by atoms with E-state index < -0.39 is 37.0 Å². The third-order valence-electron chi connectivity index (χ3n) is 1.18. The number of anilines is 1. The second-order valence-corrected chi connectivity index (χ2v) is 3.57. The summed E-state index contributed by atoms with van der Waals surface area (Å²) in [6, 6.07) is 0. The fourth-order valence-electron chi connectivity index (χ4n) is 0.686. The van der Waals surface area contributed by atoms with Crippen LogP contribution in [0.1, 0.15) is 26.5 Å².